The molecule has 2 N–H and O–H groups in total. The van der Waals surface area contributed by atoms with E-state index in [0.717, 1.165) is 0 Å². The van der Waals surface area contributed by atoms with E-state index >= 15 is 0 Å². The number of nitrogens with one attached hydrogen (secondary N) is 1. The monoisotopic (exact) mass is 295 g/mol. The van der Waals surface area contributed by atoms with Crippen molar-refractivity contribution >= 4 is 26.8 Å². The van der Waals surface area contributed by atoms with Gasteiger partial charge in [0.25, 0.3) is 0 Å². The lowest BCUT2D eigenvalue weighted by molar-refractivity contribution is -0.135. The number of sulfonamides is 1. The number of fused-ring (bicyclic) bond motifs is 1. The van der Waals surface area contributed by atoms with Crippen LogP contribution in [0.3, 0.4) is 0 Å². The number of carboxylic acid groups (broad SMARTS) is 1. The third kappa shape index (κ3) is 2.73. The summed E-state index contributed by atoms with van der Waals surface area (Å²) >= 11 is 0. The smallest absolute Gasteiger partial charge is 0.318 e. The van der Waals surface area contributed by atoms with Gasteiger partial charge in [-0.3, -0.25) is 4.79 Å². The predicted octanol–water partition coefficient (Wildman–Crippen LogP) is 1.21. The number of hydrogen-bond donors (Lipinski definition) is 2. The van der Waals surface area contributed by atoms with Crippen LogP contribution in [0.1, 0.15) is 0 Å². The fourth-order valence-corrected chi connectivity index (χ4v) is 3.07. The van der Waals surface area contributed by atoms with Crippen molar-refractivity contribution in [2.75, 3.05) is 13.7 Å². The van der Waals surface area contributed by atoms with Crippen LogP contribution in [0, 0.1) is 0 Å². The minimum absolute atomic E-state index is 0.0233. The molecule has 0 fully saturated rings. The predicted molar refractivity (Wildman–Crippen MR) is 73.3 cm³/mol. The van der Waals surface area contributed by atoms with Gasteiger partial charge >= 0.3 is 5.97 Å². The normalized spacial score (nSPS) is 11.4. The van der Waals surface area contributed by atoms with Gasteiger partial charge in [0.05, 0.1) is 12.0 Å². The van der Waals surface area contributed by atoms with E-state index in [9.17, 15) is 13.2 Å². The van der Waals surface area contributed by atoms with E-state index in [0.29, 0.717) is 16.5 Å². The van der Waals surface area contributed by atoms with Crippen LogP contribution in [0.5, 0.6) is 5.75 Å². The first-order valence-corrected chi connectivity index (χ1v) is 7.21. The molecule has 0 amide bonds. The van der Waals surface area contributed by atoms with Crippen LogP contribution in [-0.4, -0.2) is 33.1 Å². The highest BCUT2D eigenvalue weighted by Gasteiger charge is 2.19. The molecule has 0 heterocycles. The molecule has 0 bridgehead atoms. The first kappa shape index (κ1) is 14.3. The van der Waals surface area contributed by atoms with Crippen LogP contribution in [0.2, 0.25) is 0 Å². The SMILES string of the molecule is COc1ccc(S(=O)(=O)NCC(=O)O)c2ccccc12. The molecule has 0 aromatic heterocycles. The van der Waals surface area contributed by atoms with Crippen LogP contribution < -0.4 is 9.46 Å². The largest absolute Gasteiger partial charge is 0.496 e. The van der Waals surface area contributed by atoms with Crippen LogP contribution in [-0.2, 0) is 14.8 Å². The molecule has 7 heteroatoms. The summed E-state index contributed by atoms with van der Waals surface area (Å²) in [6, 6.07) is 9.80. The maximum atomic E-state index is 12.1. The second kappa shape index (κ2) is 5.48. The molecule has 0 saturated heterocycles. The Morgan fingerprint density at radius 2 is 1.85 bits per heavy atom. The Labute approximate surface area is 116 Å². The van der Waals surface area contributed by atoms with Crippen LogP contribution >= 0.6 is 0 Å². The van der Waals surface area contributed by atoms with Crippen LogP contribution in [0.4, 0.5) is 0 Å². The molecule has 0 unspecified atom stereocenters. The molecule has 0 aliphatic rings. The quantitative estimate of drug-likeness (QED) is 0.865. The molecule has 20 heavy (non-hydrogen) atoms. The number of hydrogen-bond acceptors (Lipinski definition) is 4. The topological polar surface area (TPSA) is 92.7 Å². The number of rotatable bonds is 5. The minimum Gasteiger partial charge on any atom is -0.496 e. The molecule has 0 aliphatic heterocycles. The molecular weight excluding hydrogens is 282 g/mol. The van der Waals surface area contributed by atoms with Gasteiger partial charge in [0, 0.05) is 10.8 Å². The number of aliphatic carboxylic acids is 1. The average molecular weight is 295 g/mol. The van der Waals surface area contributed by atoms with Crippen molar-refractivity contribution in [3.05, 3.63) is 36.4 Å². The van der Waals surface area contributed by atoms with E-state index in [4.69, 9.17) is 9.84 Å². The Morgan fingerprint density at radius 1 is 1.20 bits per heavy atom. The van der Waals surface area contributed by atoms with Crippen LogP contribution in [0.15, 0.2) is 41.3 Å². The van der Waals surface area contributed by atoms with E-state index in [1.54, 1.807) is 24.3 Å². The Kier molecular flexibility index (Phi) is 3.91. The number of carboxylic acids is 1. The zero-order chi connectivity index (χ0) is 14.8. The molecule has 0 radical (unpaired) electrons. The van der Waals surface area contributed by atoms with E-state index in [2.05, 4.69) is 0 Å². The fourth-order valence-electron chi connectivity index (χ4n) is 1.89. The zero-order valence-electron chi connectivity index (χ0n) is 10.7. The summed E-state index contributed by atoms with van der Waals surface area (Å²) in [7, 11) is -2.39. The second-order valence-corrected chi connectivity index (χ2v) is 5.77. The summed E-state index contributed by atoms with van der Waals surface area (Å²) in [6.45, 7) is -0.664. The zero-order valence-corrected chi connectivity index (χ0v) is 11.5. The van der Waals surface area contributed by atoms with Gasteiger partial charge in [-0.05, 0) is 12.1 Å². The van der Waals surface area contributed by atoms with Crippen molar-refractivity contribution in [1.82, 2.24) is 4.72 Å². The highest BCUT2D eigenvalue weighted by molar-refractivity contribution is 7.89. The Hall–Kier alpha value is -2.12. The van der Waals surface area contributed by atoms with Crippen LogP contribution in [0.25, 0.3) is 10.8 Å². The number of carbonyl (C=O) groups is 1. The molecule has 2 aromatic rings. The summed E-state index contributed by atoms with van der Waals surface area (Å²) < 4.78 is 31.5. The molecule has 6 nitrogen and oxygen atoms in total. The molecule has 0 aliphatic carbocycles. The van der Waals surface area contributed by atoms with Crippen molar-refractivity contribution in [1.29, 1.82) is 0 Å². The van der Waals surface area contributed by atoms with E-state index in [1.807, 2.05) is 4.72 Å². The van der Waals surface area contributed by atoms with Gasteiger partial charge in [-0.1, -0.05) is 24.3 Å². The van der Waals surface area contributed by atoms with Crippen molar-refractivity contribution in [3.63, 3.8) is 0 Å². The lowest BCUT2D eigenvalue weighted by Gasteiger charge is -2.11. The number of benzene rings is 2. The highest BCUT2D eigenvalue weighted by Crippen LogP contribution is 2.30. The van der Waals surface area contributed by atoms with E-state index in [-0.39, 0.29) is 4.90 Å². The fraction of sp³-hybridized carbons (Fsp3) is 0.154. The molecule has 106 valence electrons. The summed E-state index contributed by atoms with van der Waals surface area (Å²) in [5.41, 5.74) is 0. The molecule has 0 atom stereocenters. The Bertz CT molecular complexity index is 754. The van der Waals surface area contributed by atoms with Gasteiger partial charge in [0.1, 0.15) is 12.3 Å². The maximum Gasteiger partial charge on any atom is 0.318 e. The van der Waals surface area contributed by atoms with Gasteiger partial charge in [0.15, 0.2) is 0 Å². The Morgan fingerprint density at radius 3 is 2.45 bits per heavy atom. The summed E-state index contributed by atoms with van der Waals surface area (Å²) in [5, 5.41) is 9.70. The van der Waals surface area contributed by atoms with Gasteiger partial charge in [-0.15, -0.1) is 0 Å². The van der Waals surface area contributed by atoms with Crippen molar-refractivity contribution < 1.29 is 23.1 Å². The van der Waals surface area contributed by atoms with E-state index < -0.39 is 22.5 Å². The van der Waals surface area contributed by atoms with Gasteiger partial charge in [-0.2, -0.15) is 4.72 Å². The standard InChI is InChI=1S/C13H13NO5S/c1-19-11-6-7-12(10-5-3-2-4-9(10)11)20(17,18)14-8-13(15)16/h2-7,14H,8H2,1H3,(H,15,16). The number of methoxy groups -OCH3 is 1. The summed E-state index contributed by atoms with van der Waals surface area (Å²) in [6.07, 6.45) is 0. The molecule has 0 spiro atoms. The van der Waals surface area contributed by atoms with Gasteiger partial charge in [-0.25, -0.2) is 8.42 Å². The lowest BCUT2D eigenvalue weighted by Crippen LogP contribution is -2.29. The first-order chi connectivity index (χ1) is 9.45. The molecular formula is C13H13NO5S. The summed E-state index contributed by atoms with van der Waals surface area (Å²) in [4.78, 5) is 10.5. The third-order valence-electron chi connectivity index (χ3n) is 2.77. The Balaban J connectivity index is 2.58. The molecule has 2 rings (SSSR count). The third-order valence-corrected chi connectivity index (χ3v) is 4.23. The van der Waals surface area contributed by atoms with Crippen molar-refractivity contribution in [2.45, 2.75) is 4.90 Å². The molecule has 0 saturated carbocycles. The number of ether oxygens (including phenoxy) is 1. The lowest BCUT2D eigenvalue weighted by atomic mass is 10.1. The summed E-state index contributed by atoms with van der Waals surface area (Å²) in [5.74, 6) is -0.691. The van der Waals surface area contributed by atoms with Gasteiger partial charge < -0.3 is 9.84 Å². The highest BCUT2D eigenvalue weighted by atomic mass is 32.2. The van der Waals surface area contributed by atoms with E-state index in [1.165, 1.54) is 19.2 Å². The van der Waals surface area contributed by atoms with Crippen molar-refractivity contribution in [3.8, 4) is 5.75 Å². The second-order valence-electron chi connectivity index (χ2n) is 4.03. The average Bonchev–Trinajstić information content (AvgIpc) is 2.44. The first-order valence-electron chi connectivity index (χ1n) is 5.73. The minimum atomic E-state index is -3.89. The maximum absolute atomic E-state index is 12.1. The van der Waals surface area contributed by atoms with Gasteiger partial charge in [0.2, 0.25) is 10.0 Å². The molecule has 2 aromatic carbocycles. The van der Waals surface area contributed by atoms with Crippen molar-refractivity contribution in [2.24, 2.45) is 0 Å².